The van der Waals surface area contributed by atoms with Gasteiger partial charge in [0.2, 0.25) is 0 Å². The molecule has 1 aromatic carbocycles. The molecule has 0 spiro atoms. The number of aromatic nitrogens is 5. The van der Waals surface area contributed by atoms with Crippen molar-refractivity contribution < 1.29 is 0 Å². The molecule has 136 valence electrons. The fourth-order valence-corrected chi connectivity index (χ4v) is 4.00. The van der Waals surface area contributed by atoms with E-state index < -0.39 is 0 Å². The van der Waals surface area contributed by atoms with E-state index in [1.165, 1.54) is 18.4 Å². The largest absolute Gasteiger partial charge is 0.317 e. The summed E-state index contributed by atoms with van der Waals surface area (Å²) >= 11 is 0. The Bertz CT molecular complexity index is 1140. The summed E-state index contributed by atoms with van der Waals surface area (Å²) in [4.78, 5) is 9.32. The Morgan fingerprint density at radius 1 is 0.963 bits per heavy atom. The summed E-state index contributed by atoms with van der Waals surface area (Å²) < 4.78 is 2.04. The molecule has 0 aliphatic carbocycles. The van der Waals surface area contributed by atoms with E-state index in [1.807, 2.05) is 23.7 Å². The first-order chi connectivity index (χ1) is 13.2. The van der Waals surface area contributed by atoms with Gasteiger partial charge in [0.15, 0.2) is 5.82 Å². The predicted octanol–water partition coefficient (Wildman–Crippen LogP) is 3.42. The summed E-state index contributed by atoms with van der Waals surface area (Å²) in [5.74, 6) is 1.25. The number of benzene rings is 1. The third-order valence-electron chi connectivity index (χ3n) is 5.40. The average molecular weight is 358 g/mol. The first-order valence-electron chi connectivity index (χ1n) is 9.49. The fourth-order valence-electron chi connectivity index (χ4n) is 4.00. The van der Waals surface area contributed by atoms with Gasteiger partial charge in [-0.15, -0.1) is 10.2 Å². The van der Waals surface area contributed by atoms with Crippen LogP contribution in [0.5, 0.6) is 0 Å². The molecule has 0 atom stereocenters. The van der Waals surface area contributed by atoms with Crippen molar-refractivity contribution in [2.45, 2.75) is 32.6 Å². The van der Waals surface area contributed by atoms with Crippen LogP contribution in [0.2, 0.25) is 0 Å². The molecule has 27 heavy (non-hydrogen) atoms. The van der Waals surface area contributed by atoms with Gasteiger partial charge in [0, 0.05) is 18.0 Å². The molecule has 0 saturated carbocycles. The summed E-state index contributed by atoms with van der Waals surface area (Å²) in [5, 5.41) is 12.3. The summed E-state index contributed by atoms with van der Waals surface area (Å²) in [5.41, 5.74) is 7.12. The van der Waals surface area contributed by atoms with E-state index in [-0.39, 0.29) is 0 Å². The zero-order chi connectivity index (χ0) is 18.4. The van der Waals surface area contributed by atoms with E-state index in [2.05, 4.69) is 51.7 Å². The maximum atomic E-state index is 4.77. The summed E-state index contributed by atoms with van der Waals surface area (Å²) in [6, 6.07) is 8.51. The van der Waals surface area contributed by atoms with Crippen LogP contribution in [0.1, 0.15) is 35.6 Å². The van der Waals surface area contributed by atoms with E-state index >= 15 is 0 Å². The molecule has 0 radical (unpaired) electrons. The van der Waals surface area contributed by atoms with E-state index in [0.29, 0.717) is 11.7 Å². The molecule has 0 bridgehead atoms. The smallest absolute Gasteiger partial charge is 0.183 e. The number of pyridine rings is 1. The van der Waals surface area contributed by atoms with Gasteiger partial charge in [-0.2, -0.15) is 0 Å². The van der Waals surface area contributed by atoms with Crippen molar-refractivity contribution in [3.63, 3.8) is 0 Å². The molecule has 1 aliphatic heterocycles. The number of hydrogen-bond acceptors (Lipinski definition) is 5. The predicted molar refractivity (Wildman–Crippen MR) is 106 cm³/mol. The number of hydrogen-bond donors (Lipinski definition) is 1. The van der Waals surface area contributed by atoms with Crippen molar-refractivity contribution in [1.82, 2.24) is 29.9 Å². The molecule has 5 rings (SSSR count). The zero-order valence-electron chi connectivity index (χ0n) is 15.6. The third kappa shape index (κ3) is 2.96. The Labute approximate surface area is 157 Å². The minimum absolute atomic E-state index is 0.603. The Morgan fingerprint density at radius 2 is 1.81 bits per heavy atom. The molecule has 0 unspecified atom stereocenters. The number of rotatable bonds is 2. The van der Waals surface area contributed by atoms with Crippen LogP contribution < -0.4 is 5.32 Å². The molecule has 1 saturated heterocycles. The van der Waals surface area contributed by atoms with E-state index in [9.17, 15) is 0 Å². The molecule has 6 heteroatoms. The van der Waals surface area contributed by atoms with Crippen LogP contribution in [-0.4, -0.2) is 37.7 Å². The molecular weight excluding hydrogens is 336 g/mol. The van der Waals surface area contributed by atoms with Crippen molar-refractivity contribution >= 4 is 16.7 Å². The molecule has 4 heterocycles. The van der Waals surface area contributed by atoms with E-state index in [4.69, 9.17) is 4.98 Å². The minimum atomic E-state index is 0.603. The Hall–Kier alpha value is -2.86. The number of aryl methyl sites for hydroxylation is 2. The highest BCUT2D eigenvalue weighted by atomic mass is 15.2. The first-order valence-corrected chi connectivity index (χ1v) is 9.49. The van der Waals surface area contributed by atoms with Crippen molar-refractivity contribution in [2.75, 3.05) is 13.1 Å². The molecular formula is C21H22N6. The lowest BCUT2D eigenvalue weighted by molar-refractivity contribution is 0.460. The van der Waals surface area contributed by atoms with Gasteiger partial charge >= 0.3 is 0 Å². The second kappa shape index (κ2) is 6.39. The minimum Gasteiger partial charge on any atom is -0.317 e. The number of nitrogens with zero attached hydrogens (tertiary/aromatic N) is 5. The van der Waals surface area contributed by atoms with Crippen LogP contribution in [0, 0.1) is 13.8 Å². The summed E-state index contributed by atoms with van der Waals surface area (Å²) in [6.07, 6.45) is 6.39. The van der Waals surface area contributed by atoms with Crippen molar-refractivity contribution in [3.8, 4) is 11.4 Å². The van der Waals surface area contributed by atoms with Gasteiger partial charge in [0.1, 0.15) is 11.2 Å². The molecule has 0 amide bonds. The molecule has 4 aromatic rings. The van der Waals surface area contributed by atoms with E-state index in [0.717, 1.165) is 46.6 Å². The molecule has 1 fully saturated rings. The van der Waals surface area contributed by atoms with Gasteiger partial charge in [0.25, 0.3) is 0 Å². The van der Waals surface area contributed by atoms with Crippen molar-refractivity contribution in [1.29, 1.82) is 0 Å². The fraction of sp³-hybridized carbons (Fsp3) is 0.333. The van der Waals surface area contributed by atoms with Crippen LogP contribution >= 0.6 is 0 Å². The lowest BCUT2D eigenvalue weighted by Gasteiger charge is -2.23. The van der Waals surface area contributed by atoms with Crippen molar-refractivity contribution in [3.05, 3.63) is 53.5 Å². The molecule has 3 aromatic heterocycles. The van der Waals surface area contributed by atoms with Gasteiger partial charge < -0.3 is 9.72 Å². The SMILES string of the molecule is Cc1cn2cc(-c3nnc4cc(C5CCNCC5)ccc4n3)cc(C)c2n1. The van der Waals surface area contributed by atoms with Crippen molar-refractivity contribution in [2.24, 2.45) is 0 Å². The van der Waals surface area contributed by atoms with Gasteiger partial charge in [-0.05, 0) is 75.0 Å². The van der Waals surface area contributed by atoms with Crippen LogP contribution in [0.3, 0.4) is 0 Å². The summed E-state index contributed by atoms with van der Waals surface area (Å²) in [6.45, 7) is 6.23. The van der Waals surface area contributed by atoms with E-state index in [1.54, 1.807) is 0 Å². The summed E-state index contributed by atoms with van der Waals surface area (Å²) in [7, 11) is 0. The lowest BCUT2D eigenvalue weighted by Crippen LogP contribution is -2.26. The van der Waals surface area contributed by atoms with Crippen LogP contribution in [0.25, 0.3) is 28.1 Å². The van der Waals surface area contributed by atoms with Crippen LogP contribution in [0.4, 0.5) is 0 Å². The topological polar surface area (TPSA) is 68.0 Å². The Morgan fingerprint density at radius 3 is 2.67 bits per heavy atom. The van der Waals surface area contributed by atoms with Crippen LogP contribution in [0.15, 0.2) is 36.7 Å². The Kier molecular flexibility index (Phi) is 3.86. The standard InChI is InChI=1S/C21H22N6/c1-13-9-17(12-27-11-14(2)23-21(13)27)20-24-18-4-3-16(10-19(18)25-26-20)15-5-7-22-8-6-15/h3-4,9-12,15,22H,5-8H2,1-2H3. The molecule has 6 nitrogen and oxygen atoms in total. The second-order valence-corrected chi connectivity index (χ2v) is 7.43. The highest BCUT2D eigenvalue weighted by Gasteiger charge is 2.16. The van der Waals surface area contributed by atoms with Gasteiger partial charge in [0.05, 0.1) is 11.2 Å². The van der Waals surface area contributed by atoms with Gasteiger partial charge in [-0.1, -0.05) is 6.07 Å². The number of imidazole rings is 1. The quantitative estimate of drug-likeness (QED) is 0.595. The molecule has 1 N–H and O–H groups in total. The lowest BCUT2D eigenvalue weighted by atomic mass is 9.90. The maximum Gasteiger partial charge on any atom is 0.183 e. The maximum absolute atomic E-state index is 4.77. The second-order valence-electron chi connectivity index (χ2n) is 7.43. The third-order valence-corrected chi connectivity index (χ3v) is 5.40. The number of piperidine rings is 1. The monoisotopic (exact) mass is 358 g/mol. The molecule has 1 aliphatic rings. The highest BCUT2D eigenvalue weighted by molar-refractivity contribution is 5.76. The number of nitrogens with one attached hydrogen (secondary N) is 1. The average Bonchev–Trinajstić information content (AvgIpc) is 3.09. The van der Waals surface area contributed by atoms with Gasteiger partial charge in [-0.25, -0.2) is 9.97 Å². The normalized spacial score (nSPS) is 15.6. The number of fused-ring (bicyclic) bond motifs is 2. The zero-order valence-corrected chi connectivity index (χ0v) is 15.6. The Balaban J connectivity index is 1.54. The first kappa shape index (κ1) is 16.3. The highest BCUT2D eigenvalue weighted by Crippen LogP contribution is 2.27. The van der Waals surface area contributed by atoms with Gasteiger partial charge in [-0.3, -0.25) is 0 Å². The van der Waals surface area contributed by atoms with Crippen LogP contribution in [-0.2, 0) is 0 Å².